The van der Waals surface area contributed by atoms with Crippen LogP contribution in [-0.4, -0.2) is 106 Å². The Bertz CT molecular complexity index is 1760. The van der Waals surface area contributed by atoms with Crippen molar-refractivity contribution < 1.29 is 43.2 Å². The molecule has 0 radical (unpaired) electrons. The fraction of sp³-hybridized carbons (Fsp3) is 0.400. The summed E-state index contributed by atoms with van der Waals surface area (Å²) in [6.45, 7) is 2.24. The Morgan fingerprint density at radius 3 is 1.91 bits per heavy atom. The van der Waals surface area contributed by atoms with Crippen molar-refractivity contribution in [2.45, 2.75) is 35.5 Å². The van der Waals surface area contributed by atoms with Gasteiger partial charge < -0.3 is 23.8 Å². The highest BCUT2D eigenvalue weighted by molar-refractivity contribution is 8.11. The van der Waals surface area contributed by atoms with Gasteiger partial charge in [0.2, 0.25) is 5.91 Å². The van der Waals surface area contributed by atoms with Gasteiger partial charge in [-0.15, -0.1) is 11.8 Å². The molecule has 0 bridgehead atoms. The molecule has 2 atom stereocenters. The Morgan fingerprint density at radius 2 is 1.36 bits per heavy atom. The summed E-state index contributed by atoms with van der Waals surface area (Å²) in [4.78, 5) is 65.5. The number of thiol groups is 1. The maximum Gasteiger partial charge on any atom is 0.508 e. The third-order valence-corrected chi connectivity index (χ3v) is 10.8. The molecule has 5 rings (SSSR count). The van der Waals surface area contributed by atoms with Crippen molar-refractivity contribution in [2.24, 2.45) is 0 Å². The summed E-state index contributed by atoms with van der Waals surface area (Å²) in [6.07, 6.45) is -1.25. The molecule has 2 aliphatic rings. The zero-order valence-corrected chi connectivity index (χ0v) is 30.6. The van der Waals surface area contributed by atoms with Gasteiger partial charge in [-0.2, -0.15) is 12.6 Å². The monoisotopic (exact) mass is 769 g/mol. The summed E-state index contributed by atoms with van der Waals surface area (Å²) in [5.41, 5.74) is 2.04. The van der Waals surface area contributed by atoms with Gasteiger partial charge in [0.15, 0.2) is 0 Å². The van der Waals surface area contributed by atoms with E-state index in [1.165, 1.54) is 65.2 Å². The molecule has 0 spiro atoms. The fourth-order valence-electron chi connectivity index (χ4n) is 5.81. The summed E-state index contributed by atoms with van der Waals surface area (Å²) in [7, 11) is 1.60. The number of non-ortho nitro benzene ring substituents is 2. The zero-order chi connectivity index (χ0) is 38.0. The third-order valence-electron chi connectivity index (χ3n) is 8.82. The van der Waals surface area contributed by atoms with E-state index >= 15 is 0 Å². The van der Waals surface area contributed by atoms with E-state index in [9.17, 15) is 34.6 Å². The molecule has 282 valence electrons. The molecule has 2 saturated heterocycles. The number of nitro benzene ring substituents is 2. The van der Waals surface area contributed by atoms with Gasteiger partial charge in [0, 0.05) is 75.7 Å². The number of benzene rings is 3. The molecule has 2 amide bonds. The second-order valence-corrected chi connectivity index (χ2v) is 14.9. The Kier molecular flexibility index (Phi) is 13.4. The van der Waals surface area contributed by atoms with Gasteiger partial charge in [-0.25, -0.2) is 9.59 Å². The molecule has 0 N–H and O–H groups in total. The first-order valence-electron chi connectivity index (χ1n) is 16.6. The summed E-state index contributed by atoms with van der Waals surface area (Å²) < 4.78 is 20.4. The van der Waals surface area contributed by atoms with Crippen LogP contribution in [0.1, 0.15) is 23.1 Å². The van der Waals surface area contributed by atoms with Crippen LogP contribution in [-0.2, 0) is 38.0 Å². The van der Waals surface area contributed by atoms with E-state index in [1.807, 2.05) is 29.2 Å². The van der Waals surface area contributed by atoms with Gasteiger partial charge in [0.25, 0.3) is 11.4 Å². The molecule has 0 saturated carbocycles. The molecule has 3 aromatic carbocycles. The normalized spacial score (nSPS) is 18.6. The molecule has 0 aliphatic carbocycles. The standard InChI is InChI=1S/C35H39N5O11S2/c1-48-30-12-6-27(7-13-30)23-53-35(52)20-31(38(24-35)33(42)50-21-25-2-8-28(9-3-25)39(44)45)32(41)37-16-14-36(15-17-37)18-19-49-34(43)51-22-26-4-10-29(11-5-26)40(46)47/h2-13,31,52H,14-24H2,1H3/t31-,35-/m0/s1. The average molecular weight is 770 g/mol. The van der Waals surface area contributed by atoms with Gasteiger partial charge in [-0.1, -0.05) is 12.1 Å². The summed E-state index contributed by atoms with van der Waals surface area (Å²) in [6, 6.07) is 18.2. The van der Waals surface area contributed by atoms with Crippen molar-refractivity contribution in [2.75, 3.05) is 53.0 Å². The first-order chi connectivity index (χ1) is 25.4. The molecule has 0 aromatic heterocycles. The number of hydrogen-bond donors (Lipinski definition) is 1. The minimum Gasteiger partial charge on any atom is -0.497 e. The van der Waals surface area contributed by atoms with Crippen LogP contribution in [0.4, 0.5) is 21.0 Å². The van der Waals surface area contributed by atoms with Crippen LogP contribution in [0.15, 0.2) is 72.8 Å². The number of rotatable bonds is 14. The maximum atomic E-state index is 14.0. The van der Waals surface area contributed by atoms with Crippen molar-refractivity contribution in [3.05, 3.63) is 110 Å². The molecule has 53 heavy (non-hydrogen) atoms. The number of carbonyl (C=O) groups is 3. The van der Waals surface area contributed by atoms with E-state index in [4.69, 9.17) is 31.6 Å². The second-order valence-electron chi connectivity index (χ2n) is 12.4. The second kappa shape index (κ2) is 18.1. The number of carbonyl (C=O) groups excluding carboxylic acids is 3. The lowest BCUT2D eigenvalue weighted by atomic mass is 10.1. The highest BCUT2D eigenvalue weighted by Crippen LogP contribution is 2.44. The van der Waals surface area contributed by atoms with Crippen molar-refractivity contribution in [1.82, 2.24) is 14.7 Å². The Labute approximate surface area is 315 Å². The Hall–Kier alpha value is -5.07. The van der Waals surface area contributed by atoms with Gasteiger partial charge in [0.05, 0.1) is 21.0 Å². The fourth-order valence-corrected chi connectivity index (χ4v) is 7.46. The molecule has 16 nitrogen and oxygen atoms in total. The lowest BCUT2D eigenvalue weighted by molar-refractivity contribution is -0.385. The van der Waals surface area contributed by atoms with Gasteiger partial charge in [-0.05, 0) is 53.1 Å². The lowest BCUT2D eigenvalue weighted by Crippen LogP contribution is -2.54. The molecule has 2 heterocycles. The largest absolute Gasteiger partial charge is 0.508 e. The predicted octanol–water partition coefficient (Wildman–Crippen LogP) is 5.28. The quantitative estimate of drug-likeness (QED) is 0.0735. The SMILES string of the molecule is COc1ccc(CS[C@@]2(S)C[C@@H](C(=O)N3CCN(CCOC(=O)OCc4ccc([N+](=O)[O-])cc4)CC3)N(C(=O)OCc3ccc([N+](=O)[O-])cc3)C2)cc1. The molecule has 0 unspecified atom stereocenters. The summed E-state index contributed by atoms with van der Waals surface area (Å²) >= 11 is 6.51. The lowest BCUT2D eigenvalue weighted by Gasteiger charge is -2.37. The molecule has 18 heteroatoms. The number of ether oxygens (including phenoxy) is 4. The van der Waals surface area contributed by atoms with Crippen LogP contribution in [0.5, 0.6) is 5.75 Å². The van der Waals surface area contributed by atoms with Crippen LogP contribution >= 0.6 is 24.4 Å². The van der Waals surface area contributed by atoms with E-state index in [-0.39, 0.29) is 43.6 Å². The van der Waals surface area contributed by atoms with E-state index in [0.717, 1.165) is 11.3 Å². The van der Waals surface area contributed by atoms with Crippen LogP contribution in [0.2, 0.25) is 0 Å². The smallest absolute Gasteiger partial charge is 0.497 e. The van der Waals surface area contributed by atoms with Crippen molar-refractivity contribution in [3.8, 4) is 5.75 Å². The maximum absolute atomic E-state index is 14.0. The Balaban J connectivity index is 1.13. The van der Waals surface area contributed by atoms with Crippen LogP contribution in [0, 0.1) is 20.2 Å². The number of hydrogen-bond acceptors (Lipinski definition) is 14. The number of methoxy groups -OCH3 is 1. The van der Waals surface area contributed by atoms with Crippen molar-refractivity contribution >= 4 is 53.9 Å². The van der Waals surface area contributed by atoms with E-state index in [2.05, 4.69) is 0 Å². The summed E-state index contributed by atoms with van der Waals surface area (Å²) in [5, 5.41) is 21.8. The van der Waals surface area contributed by atoms with Gasteiger partial charge in [-0.3, -0.25) is 34.8 Å². The highest BCUT2D eigenvalue weighted by Gasteiger charge is 2.49. The number of piperazine rings is 1. The molecular formula is C35H39N5O11S2. The molecule has 2 aliphatic heterocycles. The highest BCUT2D eigenvalue weighted by atomic mass is 32.2. The number of amides is 2. The van der Waals surface area contributed by atoms with Crippen molar-refractivity contribution in [3.63, 3.8) is 0 Å². The van der Waals surface area contributed by atoms with Crippen molar-refractivity contribution in [1.29, 1.82) is 0 Å². The first kappa shape index (κ1) is 39.1. The minimum atomic E-state index is -0.862. The zero-order valence-electron chi connectivity index (χ0n) is 28.9. The minimum absolute atomic E-state index is 0.0624. The van der Waals surface area contributed by atoms with Crippen LogP contribution < -0.4 is 4.74 Å². The molecular weight excluding hydrogens is 731 g/mol. The van der Waals surface area contributed by atoms with E-state index < -0.39 is 32.2 Å². The van der Waals surface area contributed by atoms with Gasteiger partial charge >= 0.3 is 12.2 Å². The number of nitro groups is 2. The number of likely N-dealkylation sites (tertiary alicyclic amines) is 1. The predicted molar refractivity (Wildman–Crippen MR) is 197 cm³/mol. The number of thioether (sulfide) groups is 1. The first-order valence-corrected chi connectivity index (χ1v) is 18.1. The molecule has 2 fully saturated rings. The Morgan fingerprint density at radius 1 is 0.811 bits per heavy atom. The van der Waals surface area contributed by atoms with Crippen LogP contribution in [0.25, 0.3) is 0 Å². The van der Waals surface area contributed by atoms with E-state index in [1.54, 1.807) is 12.0 Å². The van der Waals surface area contributed by atoms with E-state index in [0.29, 0.717) is 56.0 Å². The average Bonchev–Trinajstić information content (AvgIpc) is 3.53. The third kappa shape index (κ3) is 11.0. The topological polar surface area (TPSA) is 184 Å². The molecule has 3 aromatic rings. The van der Waals surface area contributed by atoms with Gasteiger partial charge in [0.1, 0.15) is 31.6 Å². The van der Waals surface area contributed by atoms with Crippen LogP contribution in [0.3, 0.4) is 0 Å². The summed E-state index contributed by atoms with van der Waals surface area (Å²) in [5.74, 6) is 1.11. The number of nitrogens with zero attached hydrogens (tertiary/aromatic N) is 5.